The van der Waals surface area contributed by atoms with Crippen LogP contribution in [-0.2, 0) is 6.18 Å². The number of hydrogen-bond donors (Lipinski definition) is 1. The van der Waals surface area contributed by atoms with Gasteiger partial charge in [-0.2, -0.15) is 13.2 Å². The molecule has 0 aliphatic carbocycles. The van der Waals surface area contributed by atoms with E-state index in [1.165, 1.54) is 30.3 Å². The van der Waals surface area contributed by atoms with Gasteiger partial charge in [-0.25, -0.2) is 14.4 Å². The molecule has 0 spiro atoms. The van der Waals surface area contributed by atoms with Crippen molar-refractivity contribution in [1.82, 2.24) is 9.97 Å². The second-order valence-electron chi connectivity index (χ2n) is 5.23. The predicted octanol–water partition coefficient (Wildman–Crippen LogP) is 6.35. The third-order valence-corrected chi connectivity index (χ3v) is 3.84. The van der Waals surface area contributed by atoms with Crippen molar-refractivity contribution in [2.45, 2.75) is 6.18 Å². The summed E-state index contributed by atoms with van der Waals surface area (Å²) in [4.78, 5) is 8.10. The van der Waals surface area contributed by atoms with Crippen molar-refractivity contribution in [3.63, 3.8) is 0 Å². The zero-order valence-electron chi connectivity index (χ0n) is 12.8. The summed E-state index contributed by atoms with van der Waals surface area (Å²) in [5.74, 6) is -0.436. The van der Waals surface area contributed by atoms with Gasteiger partial charge in [-0.15, -0.1) is 0 Å². The van der Waals surface area contributed by atoms with E-state index in [1.807, 2.05) is 0 Å². The molecular weight excluding hydrogens is 393 g/mol. The van der Waals surface area contributed by atoms with Crippen LogP contribution in [0.3, 0.4) is 0 Å². The van der Waals surface area contributed by atoms with Gasteiger partial charge in [0.15, 0.2) is 5.82 Å². The third-order valence-electron chi connectivity index (χ3n) is 3.33. The van der Waals surface area contributed by atoms with Crippen molar-refractivity contribution < 1.29 is 17.6 Å². The molecule has 134 valence electrons. The quantitative estimate of drug-likeness (QED) is 0.410. The number of aromatic nitrogens is 2. The topological polar surface area (TPSA) is 37.8 Å². The minimum atomic E-state index is -4.49. The van der Waals surface area contributed by atoms with Gasteiger partial charge in [0, 0.05) is 17.3 Å². The summed E-state index contributed by atoms with van der Waals surface area (Å²) in [7, 11) is 0. The first-order valence-electron chi connectivity index (χ1n) is 7.17. The number of rotatable bonds is 3. The lowest BCUT2D eigenvalue weighted by Gasteiger charge is -2.10. The fraction of sp³-hybridized carbons (Fsp3) is 0.0588. The van der Waals surface area contributed by atoms with Crippen LogP contribution in [0.4, 0.5) is 29.1 Å². The molecule has 1 aromatic heterocycles. The van der Waals surface area contributed by atoms with Crippen LogP contribution in [0.2, 0.25) is 10.2 Å². The van der Waals surface area contributed by atoms with Crippen molar-refractivity contribution in [2.24, 2.45) is 0 Å². The van der Waals surface area contributed by atoms with Crippen LogP contribution in [0, 0.1) is 5.82 Å². The molecule has 3 aromatic rings. The maximum atomic E-state index is 13.5. The number of benzene rings is 2. The Kier molecular flexibility index (Phi) is 5.02. The number of alkyl halides is 3. The SMILES string of the molecule is Fc1cc(Nc2cc(Cl)nc(-c3cccc(C(F)(F)F)c3)n2)ccc1Cl. The number of nitrogens with zero attached hydrogens (tertiary/aromatic N) is 2. The summed E-state index contributed by atoms with van der Waals surface area (Å²) in [6.07, 6.45) is -4.49. The molecule has 0 atom stereocenters. The lowest BCUT2D eigenvalue weighted by molar-refractivity contribution is -0.137. The summed E-state index contributed by atoms with van der Waals surface area (Å²) in [5.41, 5.74) is -0.336. The highest BCUT2D eigenvalue weighted by Crippen LogP contribution is 2.32. The number of nitrogens with one attached hydrogen (secondary N) is 1. The first-order valence-corrected chi connectivity index (χ1v) is 7.92. The van der Waals surface area contributed by atoms with Crippen LogP contribution >= 0.6 is 23.2 Å². The second-order valence-corrected chi connectivity index (χ2v) is 6.03. The Balaban J connectivity index is 1.96. The van der Waals surface area contributed by atoms with Crippen molar-refractivity contribution >= 4 is 34.7 Å². The largest absolute Gasteiger partial charge is 0.416 e. The highest BCUT2D eigenvalue weighted by molar-refractivity contribution is 6.30. The molecule has 0 fully saturated rings. The molecule has 0 saturated carbocycles. The van der Waals surface area contributed by atoms with Gasteiger partial charge < -0.3 is 5.32 Å². The highest BCUT2D eigenvalue weighted by Gasteiger charge is 2.30. The molecule has 0 bridgehead atoms. The molecule has 0 aliphatic rings. The van der Waals surface area contributed by atoms with E-state index < -0.39 is 17.6 Å². The fourth-order valence-corrected chi connectivity index (χ4v) is 2.47. The fourth-order valence-electron chi connectivity index (χ4n) is 2.17. The van der Waals surface area contributed by atoms with E-state index in [-0.39, 0.29) is 27.4 Å². The van der Waals surface area contributed by atoms with Gasteiger partial charge in [-0.05, 0) is 30.3 Å². The van der Waals surface area contributed by atoms with Crippen LogP contribution in [0.5, 0.6) is 0 Å². The maximum Gasteiger partial charge on any atom is 0.416 e. The van der Waals surface area contributed by atoms with Crippen molar-refractivity contribution in [3.05, 3.63) is 70.1 Å². The summed E-state index contributed by atoms with van der Waals surface area (Å²) in [6.45, 7) is 0. The lowest BCUT2D eigenvalue weighted by Crippen LogP contribution is -2.05. The molecule has 1 N–H and O–H groups in total. The first kappa shape index (κ1) is 18.4. The van der Waals surface area contributed by atoms with E-state index in [0.29, 0.717) is 5.69 Å². The van der Waals surface area contributed by atoms with Gasteiger partial charge in [0.2, 0.25) is 0 Å². The molecular formula is C17H9Cl2F4N3. The zero-order chi connectivity index (χ0) is 18.9. The molecule has 3 rings (SSSR count). The molecule has 0 radical (unpaired) electrons. The molecule has 0 aliphatic heterocycles. The third kappa shape index (κ3) is 4.23. The molecule has 0 saturated heterocycles. The second kappa shape index (κ2) is 7.09. The molecule has 26 heavy (non-hydrogen) atoms. The minimum absolute atomic E-state index is 0.000496. The van der Waals surface area contributed by atoms with Crippen molar-refractivity contribution in [3.8, 4) is 11.4 Å². The minimum Gasteiger partial charge on any atom is -0.340 e. The Morgan fingerprint density at radius 3 is 2.38 bits per heavy atom. The lowest BCUT2D eigenvalue weighted by atomic mass is 10.1. The Labute approximate surface area is 155 Å². The van der Waals surface area contributed by atoms with Crippen molar-refractivity contribution in [2.75, 3.05) is 5.32 Å². The van der Waals surface area contributed by atoms with Gasteiger partial charge >= 0.3 is 6.18 Å². The summed E-state index contributed by atoms with van der Waals surface area (Å²) in [5, 5.41) is 2.79. The monoisotopic (exact) mass is 401 g/mol. The molecule has 1 heterocycles. The Bertz CT molecular complexity index is 961. The summed E-state index contributed by atoms with van der Waals surface area (Å²) >= 11 is 11.6. The van der Waals surface area contributed by atoms with Crippen LogP contribution in [0.25, 0.3) is 11.4 Å². The van der Waals surface area contributed by atoms with Gasteiger partial charge in [-0.1, -0.05) is 35.3 Å². The zero-order valence-corrected chi connectivity index (χ0v) is 14.3. The molecule has 0 amide bonds. The van der Waals surface area contributed by atoms with Crippen molar-refractivity contribution in [1.29, 1.82) is 0 Å². The number of hydrogen-bond acceptors (Lipinski definition) is 3. The Morgan fingerprint density at radius 2 is 1.69 bits per heavy atom. The van der Waals surface area contributed by atoms with E-state index in [2.05, 4.69) is 15.3 Å². The van der Waals surface area contributed by atoms with E-state index in [1.54, 1.807) is 0 Å². The van der Waals surface area contributed by atoms with Gasteiger partial charge in [-0.3, -0.25) is 0 Å². The van der Waals surface area contributed by atoms with Crippen LogP contribution in [-0.4, -0.2) is 9.97 Å². The summed E-state index contributed by atoms with van der Waals surface area (Å²) in [6, 6.07) is 9.96. The van der Waals surface area contributed by atoms with Crippen LogP contribution in [0.15, 0.2) is 48.5 Å². The molecule has 9 heteroatoms. The molecule has 0 unspecified atom stereocenters. The van der Waals surface area contributed by atoms with E-state index >= 15 is 0 Å². The van der Waals surface area contributed by atoms with Crippen LogP contribution < -0.4 is 5.32 Å². The first-order chi connectivity index (χ1) is 12.2. The highest BCUT2D eigenvalue weighted by atomic mass is 35.5. The average molecular weight is 402 g/mol. The maximum absolute atomic E-state index is 13.5. The van der Waals surface area contributed by atoms with Crippen LogP contribution in [0.1, 0.15) is 5.56 Å². The van der Waals surface area contributed by atoms with Gasteiger partial charge in [0.25, 0.3) is 0 Å². The van der Waals surface area contributed by atoms with E-state index in [4.69, 9.17) is 23.2 Å². The summed E-state index contributed by atoms with van der Waals surface area (Å²) < 4.78 is 52.1. The van der Waals surface area contributed by atoms with Gasteiger partial charge in [0.1, 0.15) is 16.8 Å². The molecule has 2 aromatic carbocycles. The average Bonchev–Trinajstić information content (AvgIpc) is 2.57. The normalized spacial score (nSPS) is 11.5. The Morgan fingerprint density at radius 1 is 0.923 bits per heavy atom. The van der Waals surface area contributed by atoms with Gasteiger partial charge in [0.05, 0.1) is 10.6 Å². The molecule has 3 nitrogen and oxygen atoms in total. The smallest absolute Gasteiger partial charge is 0.340 e. The predicted molar refractivity (Wildman–Crippen MR) is 92.2 cm³/mol. The Hall–Kier alpha value is -2.38. The number of halogens is 6. The number of anilines is 2. The van der Waals surface area contributed by atoms with E-state index in [0.717, 1.165) is 18.2 Å². The van der Waals surface area contributed by atoms with E-state index in [9.17, 15) is 17.6 Å². The standard InChI is InChI=1S/C17H9Cl2F4N3/c18-12-5-4-11(7-13(12)20)24-15-8-14(19)25-16(26-15)9-2-1-3-10(6-9)17(21,22)23/h1-8H,(H,24,25,26).